The maximum atomic E-state index is 11.9. The van der Waals surface area contributed by atoms with E-state index in [1.54, 1.807) is 0 Å². The second-order valence-electron chi connectivity index (χ2n) is 6.90. The van der Waals surface area contributed by atoms with Crippen molar-refractivity contribution in [2.24, 2.45) is 10.8 Å². The van der Waals surface area contributed by atoms with Crippen LogP contribution in [0.4, 0.5) is 0 Å². The number of Topliss-reactive ketones (excluding diaryl/α,β-unsaturated/α-hetero) is 1. The Kier molecular flexibility index (Phi) is 3.30. The number of rotatable bonds is 2. The van der Waals surface area contributed by atoms with E-state index in [-0.39, 0.29) is 16.9 Å². The lowest BCUT2D eigenvalue weighted by Gasteiger charge is -2.36. The van der Waals surface area contributed by atoms with E-state index >= 15 is 0 Å². The second kappa shape index (κ2) is 3.89. The van der Waals surface area contributed by atoms with Crippen LogP contribution in [0.3, 0.4) is 0 Å². The normalized spacial score (nSPS) is 28.5. The SMILES string of the molecule is C[C@@H]1CC(=O)C(C(C)(C)CC(C)(C)C)N1. The summed E-state index contributed by atoms with van der Waals surface area (Å²) in [5.41, 5.74) is 0.331. The molecule has 15 heavy (non-hydrogen) atoms. The predicted octanol–water partition coefficient (Wildman–Crippen LogP) is 2.77. The number of nitrogens with one attached hydrogen (secondary N) is 1. The van der Waals surface area contributed by atoms with Crippen molar-refractivity contribution in [1.82, 2.24) is 5.32 Å². The molecule has 1 heterocycles. The van der Waals surface area contributed by atoms with Gasteiger partial charge in [0.2, 0.25) is 0 Å². The molecule has 1 rings (SSSR count). The molecule has 2 atom stereocenters. The Morgan fingerprint density at radius 3 is 2.13 bits per heavy atom. The minimum Gasteiger partial charge on any atom is -0.304 e. The fourth-order valence-electron chi connectivity index (χ4n) is 2.99. The van der Waals surface area contributed by atoms with Crippen LogP contribution in [0.25, 0.3) is 0 Å². The second-order valence-corrected chi connectivity index (χ2v) is 6.90. The first-order chi connectivity index (χ1) is 6.62. The Bertz CT molecular complexity index is 250. The minimum atomic E-state index is 0.0479. The van der Waals surface area contributed by atoms with Crippen LogP contribution in [0, 0.1) is 10.8 Å². The lowest BCUT2D eigenvalue weighted by atomic mass is 9.71. The Labute approximate surface area is 93.8 Å². The van der Waals surface area contributed by atoms with Gasteiger partial charge < -0.3 is 5.32 Å². The first-order valence-electron chi connectivity index (χ1n) is 5.91. The maximum absolute atomic E-state index is 11.9. The van der Waals surface area contributed by atoms with Gasteiger partial charge in [-0.15, -0.1) is 0 Å². The maximum Gasteiger partial charge on any atom is 0.151 e. The molecule has 1 saturated heterocycles. The van der Waals surface area contributed by atoms with Crippen molar-refractivity contribution in [2.75, 3.05) is 0 Å². The zero-order valence-electron chi connectivity index (χ0n) is 11.0. The molecule has 0 radical (unpaired) electrons. The van der Waals surface area contributed by atoms with Crippen LogP contribution >= 0.6 is 0 Å². The van der Waals surface area contributed by atoms with Gasteiger partial charge in [-0.25, -0.2) is 0 Å². The van der Waals surface area contributed by atoms with E-state index in [0.29, 0.717) is 18.2 Å². The van der Waals surface area contributed by atoms with E-state index < -0.39 is 0 Å². The molecule has 0 aliphatic carbocycles. The van der Waals surface area contributed by atoms with E-state index in [4.69, 9.17) is 0 Å². The summed E-state index contributed by atoms with van der Waals surface area (Å²) in [5, 5.41) is 3.42. The van der Waals surface area contributed by atoms with Gasteiger partial charge in [0.25, 0.3) is 0 Å². The molecule has 0 saturated carbocycles. The summed E-state index contributed by atoms with van der Waals surface area (Å²) < 4.78 is 0. The number of hydrogen-bond acceptors (Lipinski definition) is 2. The fourth-order valence-corrected chi connectivity index (χ4v) is 2.99. The van der Waals surface area contributed by atoms with Crippen molar-refractivity contribution in [3.8, 4) is 0 Å². The summed E-state index contributed by atoms with van der Waals surface area (Å²) in [6.45, 7) is 13.2. The van der Waals surface area contributed by atoms with Gasteiger partial charge in [-0.2, -0.15) is 0 Å². The Balaban J connectivity index is 2.73. The number of ketones is 1. The van der Waals surface area contributed by atoms with E-state index in [2.05, 4.69) is 46.9 Å². The number of hydrogen-bond donors (Lipinski definition) is 1. The molecule has 0 bridgehead atoms. The van der Waals surface area contributed by atoms with Gasteiger partial charge >= 0.3 is 0 Å². The Morgan fingerprint density at radius 1 is 1.27 bits per heavy atom. The van der Waals surface area contributed by atoms with Gasteiger partial charge in [-0.3, -0.25) is 4.79 Å². The molecule has 0 aromatic carbocycles. The van der Waals surface area contributed by atoms with Gasteiger partial charge in [0.1, 0.15) is 0 Å². The first kappa shape index (κ1) is 12.7. The average molecular weight is 211 g/mol. The van der Waals surface area contributed by atoms with E-state index in [0.717, 1.165) is 6.42 Å². The molecular formula is C13H25NO. The molecule has 1 N–H and O–H groups in total. The highest BCUT2D eigenvalue weighted by molar-refractivity contribution is 5.87. The highest BCUT2D eigenvalue weighted by Crippen LogP contribution is 2.38. The molecule has 1 fully saturated rings. The summed E-state index contributed by atoms with van der Waals surface area (Å²) >= 11 is 0. The largest absolute Gasteiger partial charge is 0.304 e. The zero-order chi connectivity index (χ0) is 11.9. The topological polar surface area (TPSA) is 29.1 Å². The minimum absolute atomic E-state index is 0.0479. The van der Waals surface area contributed by atoms with Crippen LogP contribution in [0.5, 0.6) is 0 Å². The predicted molar refractivity (Wildman–Crippen MR) is 63.9 cm³/mol. The molecule has 88 valence electrons. The summed E-state index contributed by atoms with van der Waals surface area (Å²) in [6.07, 6.45) is 1.76. The van der Waals surface area contributed by atoms with Crippen LogP contribution < -0.4 is 5.32 Å². The quantitative estimate of drug-likeness (QED) is 0.761. The van der Waals surface area contributed by atoms with Crippen LogP contribution in [-0.4, -0.2) is 17.9 Å². The fraction of sp³-hybridized carbons (Fsp3) is 0.923. The summed E-state index contributed by atoms with van der Waals surface area (Å²) in [4.78, 5) is 11.9. The summed E-state index contributed by atoms with van der Waals surface area (Å²) in [5.74, 6) is 0.386. The molecule has 0 spiro atoms. The van der Waals surface area contributed by atoms with E-state index in [1.807, 2.05) is 0 Å². The lowest BCUT2D eigenvalue weighted by molar-refractivity contribution is -0.121. The van der Waals surface area contributed by atoms with Crippen molar-refractivity contribution < 1.29 is 4.79 Å². The molecule has 2 heteroatoms. The van der Waals surface area contributed by atoms with E-state index in [1.165, 1.54) is 0 Å². The van der Waals surface area contributed by atoms with E-state index in [9.17, 15) is 4.79 Å². The highest BCUT2D eigenvalue weighted by atomic mass is 16.1. The first-order valence-corrected chi connectivity index (χ1v) is 5.91. The van der Waals surface area contributed by atoms with Gasteiger partial charge in [0.15, 0.2) is 5.78 Å². The van der Waals surface area contributed by atoms with Crippen LogP contribution in [-0.2, 0) is 4.79 Å². The van der Waals surface area contributed by atoms with Gasteiger partial charge in [-0.05, 0) is 24.2 Å². The van der Waals surface area contributed by atoms with Crippen molar-refractivity contribution >= 4 is 5.78 Å². The van der Waals surface area contributed by atoms with Crippen molar-refractivity contribution in [1.29, 1.82) is 0 Å². The third-order valence-electron chi connectivity index (χ3n) is 3.05. The highest BCUT2D eigenvalue weighted by Gasteiger charge is 2.41. The molecule has 2 nitrogen and oxygen atoms in total. The zero-order valence-corrected chi connectivity index (χ0v) is 11.0. The smallest absolute Gasteiger partial charge is 0.151 e. The molecule has 0 amide bonds. The molecule has 0 aromatic heterocycles. The standard InChI is InChI=1S/C13H25NO/c1-9-7-10(15)11(14-9)13(5,6)8-12(2,3)4/h9,11,14H,7-8H2,1-6H3/t9-,11?/m1/s1. The van der Waals surface area contributed by atoms with Crippen LogP contribution in [0.15, 0.2) is 0 Å². The summed E-state index contributed by atoms with van der Waals surface area (Å²) in [7, 11) is 0. The molecule has 1 unspecified atom stereocenters. The lowest BCUT2D eigenvalue weighted by Crippen LogP contribution is -2.45. The third-order valence-corrected chi connectivity index (χ3v) is 3.05. The van der Waals surface area contributed by atoms with Gasteiger partial charge in [0.05, 0.1) is 6.04 Å². The molecule has 1 aliphatic rings. The Hall–Kier alpha value is -0.370. The average Bonchev–Trinajstić information content (AvgIpc) is 2.24. The number of carbonyl (C=O) groups excluding carboxylic acids is 1. The van der Waals surface area contributed by atoms with Gasteiger partial charge in [0, 0.05) is 12.5 Å². The van der Waals surface area contributed by atoms with Crippen LogP contribution in [0.1, 0.15) is 54.4 Å². The van der Waals surface area contributed by atoms with Crippen LogP contribution in [0.2, 0.25) is 0 Å². The molecule has 0 aromatic rings. The van der Waals surface area contributed by atoms with Crippen molar-refractivity contribution in [3.63, 3.8) is 0 Å². The van der Waals surface area contributed by atoms with Crippen molar-refractivity contribution in [3.05, 3.63) is 0 Å². The summed E-state index contributed by atoms with van der Waals surface area (Å²) in [6, 6.07) is 0.397. The van der Waals surface area contributed by atoms with Gasteiger partial charge in [-0.1, -0.05) is 34.6 Å². The van der Waals surface area contributed by atoms with Crippen molar-refractivity contribution in [2.45, 2.75) is 66.5 Å². The molecule has 1 aliphatic heterocycles. The molecular weight excluding hydrogens is 186 g/mol. The Morgan fingerprint density at radius 2 is 1.80 bits per heavy atom. The number of carbonyl (C=O) groups is 1. The monoisotopic (exact) mass is 211 g/mol. The third kappa shape index (κ3) is 3.30.